The molecule has 1 aromatic rings. The van der Waals surface area contributed by atoms with Crippen molar-refractivity contribution in [3.63, 3.8) is 0 Å². The summed E-state index contributed by atoms with van der Waals surface area (Å²) in [7, 11) is 0. The highest BCUT2D eigenvalue weighted by Crippen LogP contribution is 2.23. The quantitative estimate of drug-likeness (QED) is 0.771. The van der Waals surface area contributed by atoms with Gasteiger partial charge in [-0.3, -0.25) is 0 Å². The minimum absolute atomic E-state index is 0.246. The van der Waals surface area contributed by atoms with Gasteiger partial charge >= 0.3 is 0 Å². The van der Waals surface area contributed by atoms with Gasteiger partial charge in [-0.15, -0.1) is 0 Å². The number of aromatic hydroxyl groups is 1. The maximum absolute atomic E-state index is 9.95. The summed E-state index contributed by atoms with van der Waals surface area (Å²) >= 11 is 0. The van der Waals surface area contributed by atoms with Gasteiger partial charge in [0, 0.05) is 0 Å². The topological polar surface area (TPSA) is 40.5 Å². The van der Waals surface area contributed by atoms with E-state index in [0.29, 0.717) is 5.92 Å². The first-order valence-electron chi connectivity index (χ1n) is 6.10. The van der Waals surface area contributed by atoms with E-state index >= 15 is 0 Å². The second-order valence-corrected chi connectivity index (χ2v) is 4.58. The second-order valence-electron chi connectivity index (χ2n) is 4.58. The van der Waals surface area contributed by atoms with Gasteiger partial charge in [0.2, 0.25) is 0 Å². The molecular formula is C14H22O2. The van der Waals surface area contributed by atoms with E-state index in [9.17, 15) is 5.11 Å². The second kappa shape index (κ2) is 6.54. The minimum Gasteiger partial charge on any atom is -0.508 e. The molecule has 0 spiro atoms. The molecule has 0 amide bonds. The molecule has 0 aliphatic carbocycles. The summed E-state index contributed by atoms with van der Waals surface area (Å²) < 4.78 is 0. The zero-order valence-electron chi connectivity index (χ0n) is 10.2. The van der Waals surface area contributed by atoms with Crippen molar-refractivity contribution in [3.8, 4) is 5.75 Å². The third-order valence-electron chi connectivity index (χ3n) is 2.99. The van der Waals surface area contributed by atoms with Gasteiger partial charge in [-0.2, -0.15) is 0 Å². The van der Waals surface area contributed by atoms with Crippen molar-refractivity contribution in [1.82, 2.24) is 0 Å². The van der Waals surface area contributed by atoms with Crippen molar-refractivity contribution in [1.29, 1.82) is 0 Å². The number of rotatable bonds is 6. The lowest BCUT2D eigenvalue weighted by molar-refractivity contribution is 0.157. The Hall–Kier alpha value is -1.02. The van der Waals surface area contributed by atoms with Crippen LogP contribution in [0.3, 0.4) is 0 Å². The summed E-state index contributed by atoms with van der Waals surface area (Å²) in [5.74, 6) is 0.923. The largest absolute Gasteiger partial charge is 0.508 e. The van der Waals surface area contributed by atoms with Gasteiger partial charge in [-0.1, -0.05) is 38.8 Å². The van der Waals surface area contributed by atoms with Crippen LogP contribution in [0.5, 0.6) is 5.75 Å². The standard InChI is InChI=1S/C14H22O2/c1-3-4-11(2)5-10-14(16)12-6-8-13(15)9-7-12/h6-9,11,14-16H,3-5,10H2,1-2H3. The van der Waals surface area contributed by atoms with Crippen LogP contribution in [0.1, 0.15) is 51.2 Å². The van der Waals surface area contributed by atoms with Crippen LogP contribution in [0.15, 0.2) is 24.3 Å². The average Bonchev–Trinajstić information content (AvgIpc) is 2.27. The summed E-state index contributed by atoms with van der Waals surface area (Å²) in [6.45, 7) is 4.42. The van der Waals surface area contributed by atoms with Crippen molar-refractivity contribution in [2.24, 2.45) is 5.92 Å². The number of hydrogen-bond acceptors (Lipinski definition) is 2. The van der Waals surface area contributed by atoms with E-state index in [1.807, 2.05) is 0 Å². The summed E-state index contributed by atoms with van der Waals surface area (Å²) in [6.07, 6.45) is 3.88. The zero-order chi connectivity index (χ0) is 12.0. The summed E-state index contributed by atoms with van der Waals surface area (Å²) in [6, 6.07) is 6.80. The monoisotopic (exact) mass is 222 g/mol. The lowest BCUT2D eigenvalue weighted by atomic mass is 9.96. The zero-order valence-corrected chi connectivity index (χ0v) is 10.2. The summed E-state index contributed by atoms with van der Waals surface area (Å²) in [5.41, 5.74) is 0.890. The van der Waals surface area contributed by atoms with Crippen LogP contribution < -0.4 is 0 Å². The number of phenols is 1. The molecule has 1 aromatic carbocycles. The fourth-order valence-electron chi connectivity index (χ4n) is 1.94. The third kappa shape index (κ3) is 4.23. The molecule has 0 heterocycles. The Morgan fingerprint density at radius 3 is 2.25 bits per heavy atom. The Labute approximate surface area is 97.9 Å². The number of benzene rings is 1. The molecule has 2 heteroatoms. The van der Waals surface area contributed by atoms with Crippen molar-refractivity contribution in [2.45, 2.75) is 45.6 Å². The molecule has 16 heavy (non-hydrogen) atoms. The predicted molar refractivity (Wildman–Crippen MR) is 66.4 cm³/mol. The van der Waals surface area contributed by atoms with E-state index in [1.165, 1.54) is 12.8 Å². The molecular weight excluding hydrogens is 200 g/mol. The van der Waals surface area contributed by atoms with E-state index in [-0.39, 0.29) is 5.75 Å². The molecule has 2 unspecified atom stereocenters. The number of aliphatic hydroxyl groups excluding tert-OH is 1. The Balaban J connectivity index is 2.40. The molecule has 0 radical (unpaired) electrons. The van der Waals surface area contributed by atoms with Crippen LogP contribution in [0, 0.1) is 5.92 Å². The van der Waals surface area contributed by atoms with Crippen LogP contribution in [-0.2, 0) is 0 Å². The molecule has 0 saturated heterocycles. The van der Waals surface area contributed by atoms with E-state index in [1.54, 1.807) is 24.3 Å². The van der Waals surface area contributed by atoms with Crippen molar-refractivity contribution in [2.75, 3.05) is 0 Å². The van der Waals surface area contributed by atoms with Crippen LogP contribution in [-0.4, -0.2) is 10.2 Å². The fraction of sp³-hybridized carbons (Fsp3) is 0.571. The maximum atomic E-state index is 9.95. The molecule has 2 nitrogen and oxygen atoms in total. The molecule has 0 fully saturated rings. The van der Waals surface area contributed by atoms with Gasteiger partial charge in [0.25, 0.3) is 0 Å². The highest BCUT2D eigenvalue weighted by molar-refractivity contribution is 5.27. The van der Waals surface area contributed by atoms with Crippen molar-refractivity contribution in [3.05, 3.63) is 29.8 Å². The lowest BCUT2D eigenvalue weighted by Gasteiger charge is -2.14. The summed E-state index contributed by atoms with van der Waals surface area (Å²) in [4.78, 5) is 0. The molecule has 1 rings (SSSR count). The highest BCUT2D eigenvalue weighted by Gasteiger charge is 2.09. The van der Waals surface area contributed by atoms with Gasteiger partial charge in [-0.25, -0.2) is 0 Å². The highest BCUT2D eigenvalue weighted by atomic mass is 16.3. The normalized spacial score (nSPS) is 14.7. The predicted octanol–water partition coefficient (Wildman–Crippen LogP) is 3.64. The minimum atomic E-state index is -0.403. The number of phenolic OH excluding ortho intramolecular Hbond substituents is 1. The van der Waals surface area contributed by atoms with Gasteiger partial charge in [-0.05, 0) is 36.5 Å². The fourth-order valence-corrected chi connectivity index (χ4v) is 1.94. The lowest BCUT2D eigenvalue weighted by Crippen LogP contribution is -2.01. The van der Waals surface area contributed by atoms with Crippen LogP contribution in [0.25, 0.3) is 0 Å². The van der Waals surface area contributed by atoms with Gasteiger partial charge in [0.1, 0.15) is 5.75 Å². The molecule has 0 aliphatic heterocycles. The first-order valence-corrected chi connectivity index (χ1v) is 6.10. The van der Waals surface area contributed by atoms with Crippen LogP contribution in [0.4, 0.5) is 0 Å². The first-order chi connectivity index (χ1) is 7.63. The van der Waals surface area contributed by atoms with Gasteiger partial charge in [0.05, 0.1) is 6.10 Å². The van der Waals surface area contributed by atoms with Crippen LogP contribution >= 0.6 is 0 Å². The van der Waals surface area contributed by atoms with Gasteiger partial charge < -0.3 is 10.2 Å². The smallest absolute Gasteiger partial charge is 0.115 e. The maximum Gasteiger partial charge on any atom is 0.115 e. The SMILES string of the molecule is CCCC(C)CCC(O)c1ccc(O)cc1. The average molecular weight is 222 g/mol. The molecule has 0 aromatic heterocycles. The Kier molecular flexibility index (Phi) is 5.33. The van der Waals surface area contributed by atoms with E-state index in [4.69, 9.17) is 5.11 Å². The number of hydrogen-bond donors (Lipinski definition) is 2. The van der Waals surface area contributed by atoms with Crippen molar-refractivity contribution < 1.29 is 10.2 Å². The van der Waals surface area contributed by atoms with Crippen LogP contribution in [0.2, 0.25) is 0 Å². The molecule has 2 N–H and O–H groups in total. The number of aliphatic hydroxyl groups is 1. The molecule has 0 saturated carbocycles. The molecule has 0 bridgehead atoms. The van der Waals surface area contributed by atoms with E-state index < -0.39 is 6.10 Å². The first kappa shape index (κ1) is 13.0. The van der Waals surface area contributed by atoms with Crippen molar-refractivity contribution >= 4 is 0 Å². The summed E-state index contributed by atoms with van der Waals surface area (Å²) in [5, 5.41) is 19.1. The Bertz CT molecular complexity index is 292. The Morgan fingerprint density at radius 1 is 1.06 bits per heavy atom. The molecule has 0 aliphatic rings. The molecule has 2 atom stereocenters. The third-order valence-corrected chi connectivity index (χ3v) is 2.99. The van der Waals surface area contributed by atoms with E-state index in [2.05, 4.69) is 13.8 Å². The van der Waals surface area contributed by atoms with E-state index in [0.717, 1.165) is 18.4 Å². The van der Waals surface area contributed by atoms with Gasteiger partial charge in [0.15, 0.2) is 0 Å². The Morgan fingerprint density at radius 2 is 1.69 bits per heavy atom. The molecule has 90 valence electrons.